The van der Waals surface area contributed by atoms with Crippen molar-refractivity contribution < 1.29 is 4.79 Å². The molecule has 0 unspecified atom stereocenters. The molecule has 0 saturated heterocycles. The van der Waals surface area contributed by atoms with Gasteiger partial charge in [0.2, 0.25) is 5.56 Å². The summed E-state index contributed by atoms with van der Waals surface area (Å²) in [7, 11) is 0. The van der Waals surface area contributed by atoms with E-state index in [-0.39, 0.29) is 11.5 Å². The van der Waals surface area contributed by atoms with Crippen LogP contribution in [0.15, 0.2) is 23.1 Å². The van der Waals surface area contributed by atoms with Crippen LogP contribution in [0.1, 0.15) is 37.0 Å². The predicted molar refractivity (Wildman–Crippen MR) is 66.7 cm³/mol. The van der Waals surface area contributed by atoms with Gasteiger partial charge >= 0.3 is 0 Å². The Morgan fingerprint density at radius 2 is 2.12 bits per heavy atom. The molecule has 0 spiro atoms. The van der Waals surface area contributed by atoms with Crippen molar-refractivity contribution in [1.29, 1.82) is 0 Å². The van der Waals surface area contributed by atoms with Crippen molar-refractivity contribution in [2.75, 3.05) is 0 Å². The standard InChI is InChI=1S/C13H16N2O2/c1-4-13(5-2,6-3)15-12(17)10-7-8-11(16)14-9-10/h1,7-9H,5-6H2,2-3H3,(H,14,16)(H,15,17). The molecular formula is C13H16N2O2. The second-order valence-electron chi connectivity index (χ2n) is 3.83. The average Bonchev–Trinajstić information content (AvgIpc) is 2.37. The summed E-state index contributed by atoms with van der Waals surface area (Å²) in [4.78, 5) is 25.3. The fourth-order valence-electron chi connectivity index (χ4n) is 1.51. The van der Waals surface area contributed by atoms with Gasteiger partial charge in [0.05, 0.1) is 5.56 Å². The van der Waals surface area contributed by atoms with Crippen LogP contribution < -0.4 is 10.9 Å². The maximum absolute atomic E-state index is 11.9. The van der Waals surface area contributed by atoms with Gasteiger partial charge in [-0.1, -0.05) is 19.8 Å². The first-order valence-electron chi connectivity index (χ1n) is 5.56. The lowest BCUT2D eigenvalue weighted by Gasteiger charge is -2.26. The van der Waals surface area contributed by atoms with Crippen LogP contribution in [0.4, 0.5) is 0 Å². The minimum atomic E-state index is -0.618. The highest BCUT2D eigenvalue weighted by Crippen LogP contribution is 2.14. The normalized spacial score (nSPS) is 10.6. The molecule has 0 aliphatic carbocycles. The van der Waals surface area contributed by atoms with Gasteiger partial charge in [-0.05, 0) is 18.9 Å². The minimum Gasteiger partial charge on any atom is -0.336 e. The zero-order chi connectivity index (χ0) is 12.9. The van der Waals surface area contributed by atoms with E-state index in [2.05, 4.69) is 16.2 Å². The summed E-state index contributed by atoms with van der Waals surface area (Å²) in [5.41, 5.74) is -0.463. The molecule has 1 heterocycles. The maximum Gasteiger partial charge on any atom is 0.253 e. The summed E-state index contributed by atoms with van der Waals surface area (Å²) >= 11 is 0. The van der Waals surface area contributed by atoms with E-state index in [1.54, 1.807) is 0 Å². The molecule has 0 fully saturated rings. The van der Waals surface area contributed by atoms with Crippen molar-refractivity contribution in [2.45, 2.75) is 32.2 Å². The van der Waals surface area contributed by atoms with Crippen molar-refractivity contribution in [2.24, 2.45) is 0 Å². The third-order valence-electron chi connectivity index (χ3n) is 2.88. The Morgan fingerprint density at radius 1 is 1.47 bits per heavy atom. The van der Waals surface area contributed by atoms with Crippen molar-refractivity contribution in [1.82, 2.24) is 10.3 Å². The number of H-pyrrole nitrogens is 1. The van der Waals surface area contributed by atoms with Crippen LogP contribution in [-0.4, -0.2) is 16.4 Å². The first kappa shape index (κ1) is 13.0. The topological polar surface area (TPSA) is 62.0 Å². The summed E-state index contributed by atoms with van der Waals surface area (Å²) in [6, 6.07) is 2.78. The van der Waals surface area contributed by atoms with Crippen LogP contribution in [0.25, 0.3) is 0 Å². The van der Waals surface area contributed by atoms with E-state index in [0.717, 1.165) is 0 Å². The number of nitrogens with one attached hydrogen (secondary N) is 2. The summed E-state index contributed by atoms with van der Waals surface area (Å²) in [5, 5.41) is 2.82. The predicted octanol–water partition coefficient (Wildman–Crippen LogP) is 1.30. The summed E-state index contributed by atoms with van der Waals surface area (Å²) < 4.78 is 0. The van der Waals surface area contributed by atoms with E-state index in [4.69, 9.17) is 6.42 Å². The minimum absolute atomic E-state index is 0.240. The average molecular weight is 232 g/mol. The van der Waals surface area contributed by atoms with E-state index in [1.807, 2.05) is 13.8 Å². The van der Waals surface area contributed by atoms with Crippen molar-refractivity contribution in [3.8, 4) is 12.3 Å². The number of pyridine rings is 1. The van der Waals surface area contributed by atoms with Crippen molar-refractivity contribution >= 4 is 5.91 Å². The van der Waals surface area contributed by atoms with E-state index < -0.39 is 5.54 Å². The Labute approximate surface area is 100 Å². The van der Waals surface area contributed by atoms with E-state index in [1.165, 1.54) is 18.3 Å². The lowest BCUT2D eigenvalue weighted by molar-refractivity contribution is 0.0916. The SMILES string of the molecule is C#CC(CC)(CC)NC(=O)c1ccc(=O)[nH]c1. The molecule has 0 aliphatic rings. The number of aromatic amines is 1. The fourth-order valence-corrected chi connectivity index (χ4v) is 1.51. The lowest BCUT2D eigenvalue weighted by Crippen LogP contribution is -2.46. The van der Waals surface area contributed by atoms with Crippen molar-refractivity contribution in [3.05, 3.63) is 34.2 Å². The summed E-state index contributed by atoms with van der Waals surface area (Å²) in [5.74, 6) is 2.35. The van der Waals surface area contributed by atoms with E-state index in [9.17, 15) is 9.59 Å². The van der Waals surface area contributed by atoms with Gasteiger partial charge in [-0.2, -0.15) is 0 Å². The van der Waals surface area contributed by atoms with Gasteiger partial charge in [-0.3, -0.25) is 9.59 Å². The second kappa shape index (κ2) is 5.35. The second-order valence-corrected chi connectivity index (χ2v) is 3.83. The van der Waals surface area contributed by atoms with Gasteiger partial charge in [0.15, 0.2) is 0 Å². The first-order chi connectivity index (χ1) is 8.06. The lowest BCUT2D eigenvalue weighted by atomic mass is 9.93. The molecule has 90 valence electrons. The van der Waals surface area contributed by atoms with Gasteiger partial charge in [0.1, 0.15) is 5.54 Å². The van der Waals surface area contributed by atoms with Gasteiger partial charge < -0.3 is 10.3 Å². The summed E-state index contributed by atoms with van der Waals surface area (Å²) in [6.45, 7) is 3.85. The van der Waals surface area contributed by atoms with Crippen molar-refractivity contribution in [3.63, 3.8) is 0 Å². The maximum atomic E-state index is 11.9. The van der Waals surface area contributed by atoms with Gasteiger partial charge in [-0.15, -0.1) is 6.42 Å². The zero-order valence-electron chi connectivity index (χ0n) is 10.0. The Kier molecular flexibility index (Phi) is 4.11. The molecule has 0 aromatic carbocycles. The van der Waals surface area contributed by atoms with Gasteiger partial charge in [-0.25, -0.2) is 0 Å². The fraction of sp³-hybridized carbons (Fsp3) is 0.385. The molecule has 4 nitrogen and oxygen atoms in total. The van der Waals surface area contributed by atoms with Crippen LogP contribution in [0.3, 0.4) is 0 Å². The molecule has 0 aliphatic heterocycles. The molecule has 0 saturated carbocycles. The first-order valence-corrected chi connectivity index (χ1v) is 5.56. The molecule has 1 aromatic heterocycles. The molecule has 4 heteroatoms. The van der Waals surface area contributed by atoms with Crippen LogP contribution >= 0.6 is 0 Å². The number of hydrogen-bond donors (Lipinski definition) is 2. The number of terminal acetylenes is 1. The van der Waals surface area contributed by atoms with Crippen LogP contribution in [0.5, 0.6) is 0 Å². The van der Waals surface area contributed by atoms with Crippen LogP contribution in [0.2, 0.25) is 0 Å². The Balaban J connectivity index is 2.89. The Hall–Kier alpha value is -2.02. The largest absolute Gasteiger partial charge is 0.336 e. The molecule has 0 radical (unpaired) electrons. The Bertz CT molecular complexity index is 472. The number of hydrogen-bond acceptors (Lipinski definition) is 2. The Morgan fingerprint density at radius 3 is 2.53 bits per heavy atom. The zero-order valence-corrected chi connectivity index (χ0v) is 10.0. The number of carbonyl (C=O) groups excluding carboxylic acids is 1. The smallest absolute Gasteiger partial charge is 0.253 e. The third-order valence-corrected chi connectivity index (χ3v) is 2.88. The molecule has 1 aromatic rings. The van der Waals surface area contributed by atoms with Crippen LogP contribution in [0, 0.1) is 12.3 Å². The summed E-state index contributed by atoms with van der Waals surface area (Å²) in [6.07, 6.45) is 8.16. The highest BCUT2D eigenvalue weighted by molar-refractivity contribution is 5.94. The van der Waals surface area contributed by atoms with Gasteiger partial charge in [0.25, 0.3) is 5.91 Å². The highest BCUT2D eigenvalue weighted by Gasteiger charge is 2.25. The molecular weight excluding hydrogens is 216 g/mol. The number of amides is 1. The molecule has 1 rings (SSSR count). The molecule has 2 N–H and O–H groups in total. The molecule has 17 heavy (non-hydrogen) atoms. The van der Waals surface area contributed by atoms with Gasteiger partial charge in [0, 0.05) is 12.3 Å². The molecule has 0 bridgehead atoms. The third kappa shape index (κ3) is 2.97. The van der Waals surface area contributed by atoms with Crippen LogP contribution in [-0.2, 0) is 0 Å². The number of rotatable bonds is 4. The number of carbonyl (C=O) groups is 1. The van der Waals surface area contributed by atoms with E-state index >= 15 is 0 Å². The quantitative estimate of drug-likeness (QED) is 0.768. The highest BCUT2D eigenvalue weighted by atomic mass is 16.2. The molecule has 0 atom stereocenters. The molecule has 1 amide bonds. The van der Waals surface area contributed by atoms with E-state index in [0.29, 0.717) is 18.4 Å². The number of aromatic nitrogens is 1. The monoisotopic (exact) mass is 232 g/mol.